The largest absolute Gasteiger partial charge is 0.353 e. The number of aromatic nitrogens is 4. The van der Waals surface area contributed by atoms with Crippen LogP contribution in [0.15, 0.2) is 35.5 Å². The molecule has 0 bridgehead atoms. The number of thioether (sulfide) groups is 1. The Hall–Kier alpha value is -4.00. The minimum atomic E-state index is -0.924. The van der Waals surface area contributed by atoms with Crippen molar-refractivity contribution in [2.24, 2.45) is 0 Å². The Morgan fingerprint density at radius 3 is 2.50 bits per heavy atom. The van der Waals surface area contributed by atoms with Crippen molar-refractivity contribution in [1.29, 1.82) is 0 Å². The quantitative estimate of drug-likeness (QED) is 0.401. The second-order valence-electron chi connectivity index (χ2n) is 8.35. The number of carbonyl (C=O) groups excluding carboxylic acids is 4. The summed E-state index contributed by atoms with van der Waals surface area (Å²) in [7, 11) is 0. The number of benzene rings is 1. The van der Waals surface area contributed by atoms with E-state index in [1.165, 1.54) is 23.6 Å². The minimum Gasteiger partial charge on any atom is -0.353 e. The molecule has 1 aromatic carbocycles. The molecule has 1 saturated heterocycles. The molecule has 1 aliphatic heterocycles. The molecule has 4 amide bonds. The van der Waals surface area contributed by atoms with Gasteiger partial charge in [-0.25, -0.2) is 4.98 Å². The highest BCUT2D eigenvalue weighted by Crippen LogP contribution is 2.21. The van der Waals surface area contributed by atoms with Gasteiger partial charge in [-0.3, -0.25) is 23.6 Å². The summed E-state index contributed by atoms with van der Waals surface area (Å²) in [6, 6.07) is 7.58. The van der Waals surface area contributed by atoms with Crippen molar-refractivity contribution < 1.29 is 19.2 Å². The fourth-order valence-corrected chi connectivity index (χ4v) is 4.82. The minimum absolute atomic E-state index is 0.0319. The zero-order valence-electron chi connectivity index (χ0n) is 20.1. The van der Waals surface area contributed by atoms with Gasteiger partial charge in [-0.1, -0.05) is 11.8 Å². The summed E-state index contributed by atoms with van der Waals surface area (Å²) in [6.45, 7) is 5.80. The molecule has 0 spiro atoms. The van der Waals surface area contributed by atoms with Gasteiger partial charge < -0.3 is 20.9 Å². The van der Waals surface area contributed by atoms with Crippen LogP contribution in [0.5, 0.6) is 0 Å². The first kappa shape index (κ1) is 25.1. The van der Waals surface area contributed by atoms with Gasteiger partial charge in [0.05, 0.1) is 12.2 Å². The van der Waals surface area contributed by atoms with E-state index in [0.29, 0.717) is 35.4 Å². The highest BCUT2D eigenvalue weighted by molar-refractivity contribution is 7.99. The third kappa shape index (κ3) is 5.79. The maximum absolute atomic E-state index is 13.1. The molecule has 3 N–H and O–H groups in total. The summed E-state index contributed by atoms with van der Waals surface area (Å²) >= 11 is 1.20. The Morgan fingerprint density at radius 2 is 1.81 bits per heavy atom. The van der Waals surface area contributed by atoms with Crippen LogP contribution in [-0.4, -0.2) is 73.0 Å². The molecule has 12 nitrogen and oxygen atoms in total. The van der Waals surface area contributed by atoms with E-state index in [1.54, 1.807) is 28.7 Å². The zero-order chi connectivity index (χ0) is 25.8. The van der Waals surface area contributed by atoms with Gasteiger partial charge in [-0.2, -0.15) is 0 Å². The molecule has 13 heteroatoms. The predicted octanol–water partition coefficient (Wildman–Crippen LogP) is 1.15. The van der Waals surface area contributed by atoms with Crippen molar-refractivity contribution in [1.82, 2.24) is 29.8 Å². The fraction of sp³-hybridized carbons (Fsp3) is 0.348. The van der Waals surface area contributed by atoms with Crippen molar-refractivity contribution in [3.63, 3.8) is 0 Å². The first-order valence-corrected chi connectivity index (χ1v) is 12.3. The molecule has 1 aliphatic rings. The van der Waals surface area contributed by atoms with Crippen LogP contribution in [0.2, 0.25) is 0 Å². The van der Waals surface area contributed by atoms with E-state index in [9.17, 15) is 19.2 Å². The van der Waals surface area contributed by atoms with Crippen molar-refractivity contribution in [2.75, 3.05) is 29.5 Å². The molecule has 188 valence electrons. The number of carbonyl (C=O) groups is 4. The van der Waals surface area contributed by atoms with Crippen LogP contribution < -0.4 is 16.0 Å². The number of rotatable bonds is 7. The predicted molar refractivity (Wildman–Crippen MR) is 133 cm³/mol. The number of nitrogens with one attached hydrogen (secondary N) is 3. The maximum Gasteiger partial charge on any atom is 0.256 e. The highest BCUT2D eigenvalue weighted by Gasteiger charge is 2.34. The third-order valence-electron chi connectivity index (χ3n) is 5.51. The summed E-state index contributed by atoms with van der Waals surface area (Å²) < 4.78 is 1.77. The second kappa shape index (κ2) is 10.7. The Bertz CT molecular complexity index is 1320. The summed E-state index contributed by atoms with van der Waals surface area (Å²) in [6.07, 6.45) is -0.189. The number of piperazine rings is 1. The fourth-order valence-electron chi connectivity index (χ4n) is 3.95. The molecule has 4 rings (SSSR count). The maximum atomic E-state index is 13.1. The molecule has 1 fully saturated rings. The number of amides is 4. The van der Waals surface area contributed by atoms with E-state index in [2.05, 4.69) is 31.1 Å². The lowest BCUT2D eigenvalue weighted by Gasteiger charge is -2.34. The summed E-state index contributed by atoms with van der Waals surface area (Å²) in [5.74, 6) is -0.766. The van der Waals surface area contributed by atoms with Crippen LogP contribution in [0.4, 0.5) is 11.4 Å². The molecule has 0 unspecified atom stereocenters. The average Bonchev–Trinajstić information content (AvgIpc) is 3.23. The second-order valence-corrected chi connectivity index (χ2v) is 9.29. The van der Waals surface area contributed by atoms with Gasteiger partial charge in [-0.05, 0) is 44.2 Å². The monoisotopic (exact) mass is 510 g/mol. The van der Waals surface area contributed by atoms with Crippen LogP contribution in [-0.2, 0) is 19.2 Å². The first-order chi connectivity index (χ1) is 17.2. The lowest BCUT2D eigenvalue weighted by Crippen LogP contribution is -2.58. The molecular formula is C23H26N8O4S. The number of anilines is 2. The van der Waals surface area contributed by atoms with Gasteiger partial charge in [-0.15, -0.1) is 10.2 Å². The zero-order valence-corrected chi connectivity index (χ0v) is 20.9. The van der Waals surface area contributed by atoms with Gasteiger partial charge in [0.25, 0.3) is 5.78 Å². The molecule has 0 saturated carbocycles. The van der Waals surface area contributed by atoms with Crippen LogP contribution >= 0.6 is 11.8 Å². The third-order valence-corrected chi connectivity index (χ3v) is 6.42. The van der Waals surface area contributed by atoms with Crippen LogP contribution in [0.1, 0.15) is 24.7 Å². The van der Waals surface area contributed by atoms with E-state index >= 15 is 0 Å². The topological polar surface area (TPSA) is 151 Å². The van der Waals surface area contributed by atoms with E-state index < -0.39 is 11.9 Å². The average molecular weight is 511 g/mol. The van der Waals surface area contributed by atoms with Crippen LogP contribution in [0.3, 0.4) is 0 Å². The number of nitrogens with zero attached hydrogens (tertiary/aromatic N) is 5. The molecule has 1 atom stereocenters. The van der Waals surface area contributed by atoms with Gasteiger partial charge in [0, 0.05) is 42.8 Å². The molecule has 36 heavy (non-hydrogen) atoms. The number of hydrogen-bond acceptors (Lipinski definition) is 8. The first-order valence-electron chi connectivity index (χ1n) is 11.3. The Balaban J connectivity index is 1.39. The smallest absolute Gasteiger partial charge is 0.256 e. The van der Waals surface area contributed by atoms with Gasteiger partial charge >= 0.3 is 0 Å². The van der Waals surface area contributed by atoms with E-state index in [-0.39, 0.29) is 29.9 Å². The number of fused-ring (bicyclic) bond motifs is 1. The van der Waals surface area contributed by atoms with Crippen LogP contribution in [0, 0.1) is 13.8 Å². The van der Waals surface area contributed by atoms with Gasteiger partial charge in [0.2, 0.25) is 23.6 Å². The SMILES string of the molecule is CC(=O)Nc1ccc(NC(=O)C[C@@H]2C(=O)NCCN2C(=O)CSc2nnc3nc(C)cc(C)n23)cc1. The van der Waals surface area contributed by atoms with Gasteiger partial charge in [0.1, 0.15) is 6.04 Å². The van der Waals surface area contributed by atoms with Crippen molar-refractivity contribution >= 4 is 52.5 Å². The number of hydrogen-bond donors (Lipinski definition) is 3. The van der Waals surface area contributed by atoms with Gasteiger partial charge in [0.15, 0.2) is 5.16 Å². The molecule has 0 radical (unpaired) electrons. The molecule has 2 aromatic heterocycles. The van der Waals surface area contributed by atoms with Crippen molar-refractivity contribution in [3.05, 3.63) is 41.7 Å². The summed E-state index contributed by atoms with van der Waals surface area (Å²) in [5, 5.41) is 16.8. The van der Waals surface area contributed by atoms with Crippen LogP contribution in [0.25, 0.3) is 5.78 Å². The molecular weight excluding hydrogens is 484 g/mol. The normalized spacial score (nSPS) is 15.5. The van der Waals surface area contributed by atoms with Crippen molar-refractivity contribution in [2.45, 2.75) is 38.4 Å². The molecule has 3 heterocycles. The van der Waals surface area contributed by atoms with Crippen molar-refractivity contribution in [3.8, 4) is 0 Å². The summed E-state index contributed by atoms with van der Waals surface area (Å²) in [4.78, 5) is 55.2. The van der Waals surface area contributed by atoms with E-state index in [1.807, 2.05) is 19.9 Å². The standard InChI is InChI=1S/C23H26N8O4S/c1-13-10-14(2)31-22(25-13)28-29-23(31)36-12-20(34)30-9-8-24-21(35)18(30)11-19(33)27-17-6-4-16(5-7-17)26-15(3)32/h4-7,10,18H,8-9,11-12H2,1-3H3,(H,24,35)(H,26,32)(H,27,33)/t18-/m1/s1. The van der Waals surface area contributed by atoms with E-state index in [0.717, 1.165) is 11.4 Å². The van der Waals surface area contributed by atoms with E-state index in [4.69, 9.17) is 0 Å². The molecule has 3 aromatic rings. The lowest BCUT2D eigenvalue weighted by atomic mass is 10.1. The Kier molecular flexibility index (Phi) is 7.48. The Morgan fingerprint density at radius 1 is 1.11 bits per heavy atom. The number of aryl methyl sites for hydroxylation is 2. The lowest BCUT2D eigenvalue weighted by molar-refractivity contribution is -0.142. The highest BCUT2D eigenvalue weighted by atomic mass is 32.2. The molecule has 0 aliphatic carbocycles. The summed E-state index contributed by atoms with van der Waals surface area (Å²) in [5.41, 5.74) is 2.83. The Labute approximate surface area is 211 Å².